The molecule has 4 heteroatoms. The van der Waals surface area contributed by atoms with E-state index in [1.807, 2.05) is 54.6 Å². The third-order valence-electron chi connectivity index (χ3n) is 4.47. The molecule has 0 aromatic heterocycles. The average Bonchev–Trinajstić information content (AvgIpc) is 2.65. The molecule has 0 unspecified atom stereocenters. The summed E-state index contributed by atoms with van der Waals surface area (Å²) in [5.41, 5.74) is 1.51. The van der Waals surface area contributed by atoms with E-state index >= 15 is 0 Å². The lowest BCUT2D eigenvalue weighted by Crippen LogP contribution is -2.04. The summed E-state index contributed by atoms with van der Waals surface area (Å²) in [6, 6.07) is 19.2. The van der Waals surface area contributed by atoms with Crippen molar-refractivity contribution in [2.45, 2.75) is 0 Å². The highest BCUT2D eigenvalue weighted by atomic mass is 16.5. The second-order valence-electron chi connectivity index (χ2n) is 5.83. The first kappa shape index (κ1) is 13.1. The first-order valence-corrected chi connectivity index (χ1v) is 7.67. The summed E-state index contributed by atoms with van der Waals surface area (Å²) < 4.78 is 5.93. The van der Waals surface area contributed by atoms with Gasteiger partial charge in [-0.05, 0) is 11.5 Å². The van der Waals surface area contributed by atoms with E-state index in [2.05, 4.69) is 5.32 Å². The summed E-state index contributed by atoms with van der Waals surface area (Å²) in [7, 11) is 0. The molecule has 0 aliphatic carbocycles. The monoisotopic (exact) mass is 315 g/mol. The molecule has 3 N–H and O–H groups in total. The van der Waals surface area contributed by atoms with Gasteiger partial charge < -0.3 is 20.3 Å². The first-order chi connectivity index (χ1) is 11.7. The molecule has 0 bridgehead atoms. The summed E-state index contributed by atoms with van der Waals surface area (Å²) >= 11 is 0. The second kappa shape index (κ2) is 4.55. The van der Waals surface area contributed by atoms with Crippen molar-refractivity contribution < 1.29 is 14.9 Å². The summed E-state index contributed by atoms with van der Waals surface area (Å²) in [6.07, 6.45) is 0. The van der Waals surface area contributed by atoms with E-state index in [0.717, 1.165) is 21.8 Å². The zero-order chi connectivity index (χ0) is 16.3. The molecule has 1 aliphatic heterocycles. The lowest BCUT2D eigenvalue weighted by atomic mass is 10.0. The molecule has 4 nitrogen and oxygen atoms in total. The van der Waals surface area contributed by atoms with Gasteiger partial charge in [-0.2, -0.15) is 0 Å². The Balaban J connectivity index is 1.85. The van der Waals surface area contributed by atoms with Crippen molar-refractivity contribution in [2.24, 2.45) is 0 Å². The molecule has 1 heterocycles. The van der Waals surface area contributed by atoms with Crippen LogP contribution in [-0.2, 0) is 0 Å². The maximum Gasteiger partial charge on any atom is 0.204 e. The van der Waals surface area contributed by atoms with Crippen LogP contribution in [0.5, 0.6) is 23.0 Å². The number of aromatic hydroxyl groups is 2. The van der Waals surface area contributed by atoms with E-state index in [1.165, 1.54) is 0 Å². The Morgan fingerprint density at radius 3 is 2.21 bits per heavy atom. The summed E-state index contributed by atoms with van der Waals surface area (Å²) in [6.45, 7) is 0. The van der Waals surface area contributed by atoms with Gasteiger partial charge in [-0.25, -0.2) is 0 Å². The molecule has 24 heavy (non-hydrogen) atoms. The molecular formula is C20H13NO3. The van der Waals surface area contributed by atoms with Crippen LogP contribution in [-0.4, -0.2) is 10.2 Å². The fourth-order valence-corrected chi connectivity index (χ4v) is 3.31. The highest BCUT2D eigenvalue weighted by molar-refractivity contribution is 6.09. The molecule has 0 atom stereocenters. The van der Waals surface area contributed by atoms with Crippen LogP contribution >= 0.6 is 0 Å². The Morgan fingerprint density at radius 2 is 1.38 bits per heavy atom. The molecule has 0 radical (unpaired) electrons. The van der Waals surface area contributed by atoms with Gasteiger partial charge in [0, 0.05) is 16.2 Å². The molecular weight excluding hydrogens is 302 g/mol. The van der Waals surface area contributed by atoms with E-state index in [4.69, 9.17) is 4.74 Å². The molecule has 4 aromatic carbocycles. The Bertz CT molecular complexity index is 1130. The standard InChI is InChI=1S/C20H13NO3/c22-18-14-8-4-3-7-13(14)17-20(19(18)23)24-15-10-9-11-5-1-2-6-12(11)16(15)21-17/h1-10,21-23H. The van der Waals surface area contributed by atoms with E-state index in [-0.39, 0.29) is 17.2 Å². The van der Waals surface area contributed by atoms with Gasteiger partial charge in [-0.3, -0.25) is 0 Å². The molecule has 5 rings (SSSR count). The van der Waals surface area contributed by atoms with Crippen molar-refractivity contribution in [3.8, 4) is 23.0 Å². The molecule has 0 amide bonds. The normalized spacial score (nSPS) is 12.3. The number of anilines is 2. The van der Waals surface area contributed by atoms with Crippen LogP contribution < -0.4 is 10.1 Å². The van der Waals surface area contributed by atoms with Crippen molar-refractivity contribution >= 4 is 32.9 Å². The largest absolute Gasteiger partial charge is 0.504 e. The van der Waals surface area contributed by atoms with Gasteiger partial charge in [0.1, 0.15) is 0 Å². The number of benzene rings is 4. The van der Waals surface area contributed by atoms with Crippen molar-refractivity contribution in [3.63, 3.8) is 0 Å². The van der Waals surface area contributed by atoms with Crippen LogP contribution in [0.25, 0.3) is 21.5 Å². The minimum absolute atomic E-state index is 0.171. The van der Waals surface area contributed by atoms with Gasteiger partial charge in [0.2, 0.25) is 5.75 Å². The molecule has 1 aliphatic rings. The molecule has 0 saturated carbocycles. The quantitative estimate of drug-likeness (QED) is 0.270. The number of phenols is 2. The predicted molar refractivity (Wildman–Crippen MR) is 94.6 cm³/mol. The van der Waals surface area contributed by atoms with E-state index in [9.17, 15) is 10.2 Å². The number of hydrogen-bond acceptors (Lipinski definition) is 4. The van der Waals surface area contributed by atoms with Crippen LogP contribution in [0, 0.1) is 0 Å². The van der Waals surface area contributed by atoms with Crippen LogP contribution in [0.2, 0.25) is 0 Å². The third kappa shape index (κ3) is 1.62. The van der Waals surface area contributed by atoms with Crippen LogP contribution in [0.3, 0.4) is 0 Å². The lowest BCUT2D eigenvalue weighted by molar-refractivity contribution is 0.376. The van der Waals surface area contributed by atoms with Crippen LogP contribution in [0.4, 0.5) is 11.4 Å². The number of hydrogen-bond donors (Lipinski definition) is 3. The SMILES string of the molecule is Oc1c2c(c3ccccc3c1O)Nc1c(ccc3ccccc13)O2. The minimum atomic E-state index is -0.255. The lowest BCUT2D eigenvalue weighted by Gasteiger charge is -2.25. The summed E-state index contributed by atoms with van der Waals surface area (Å²) in [5.74, 6) is 0.436. The van der Waals surface area contributed by atoms with Gasteiger partial charge in [0.05, 0.1) is 11.4 Å². The number of nitrogens with one attached hydrogen (secondary N) is 1. The topological polar surface area (TPSA) is 61.7 Å². The number of ether oxygens (including phenoxy) is 1. The molecule has 4 aromatic rings. The van der Waals surface area contributed by atoms with E-state index in [1.54, 1.807) is 6.07 Å². The van der Waals surface area contributed by atoms with Crippen molar-refractivity contribution in [1.82, 2.24) is 0 Å². The van der Waals surface area contributed by atoms with Gasteiger partial charge >= 0.3 is 0 Å². The Kier molecular flexibility index (Phi) is 2.48. The minimum Gasteiger partial charge on any atom is -0.504 e. The Morgan fingerprint density at radius 1 is 0.667 bits per heavy atom. The fourth-order valence-electron chi connectivity index (χ4n) is 3.31. The van der Waals surface area contributed by atoms with Crippen molar-refractivity contribution in [1.29, 1.82) is 0 Å². The van der Waals surface area contributed by atoms with Crippen molar-refractivity contribution in [3.05, 3.63) is 60.7 Å². The zero-order valence-corrected chi connectivity index (χ0v) is 12.6. The number of rotatable bonds is 0. The van der Waals surface area contributed by atoms with Crippen LogP contribution in [0.15, 0.2) is 60.7 Å². The Hall–Kier alpha value is -3.40. The van der Waals surface area contributed by atoms with Gasteiger partial charge in [-0.15, -0.1) is 0 Å². The van der Waals surface area contributed by atoms with Gasteiger partial charge in [-0.1, -0.05) is 54.6 Å². The maximum atomic E-state index is 10.4. The fraction of sp³-hybridized carbons (Fsp3) is 0. The maximum absolute atomic E-state index is 10.4. The van der Waals surface area contributed by atoms with Crippen LogP contribution in [0.1, 0.15) is 0 Å². The Labute approximate surface area is 137 Å². The highest BCUT2D eigenvalue weighted by Gasteiger charge is 2.26. The third-order valence-corrected chi connectivity index (χ3v) is 4.47. The molecule has 0 saturated heterocycles. The van der Waals surface area contributed by atoms with E-state index < -0.39 is 0 Å². The first-order valence-electron chi connectivity index (χ1n) is 7.67. The molecule has 116 valence electrons. The predicted octanol–water partition coefficient (Wildman–Crippen LogP) is 5.25. The zero-order valence-electron chi connectivity index (χ0n) is 12.6. The molecule has 0 spiro atoms. The smallest absolute Gasteiger partial charge is 0.204 e. The van der Waals surface area contributed by atoms with E-state index in [0.29, 0.717) is 16.8 Å². The van der Waals surface area contributed by atoms with Gasteiger partial charge in [0.25, 0.3) is 0 Å². The molecule has 0 fully saturated rings. The average molecular weight is 315 g/mol. The number of fused-ring (bicyclic) bond motifs is 6. The highest BCUT2D eigenvalue weighted by Crippen LogP contribution is 2.55. The van der Waals surface area contributed by atoms with Gasteiger partial charge in [0.15, 0.2) is 17.2 Å². The number of phenolic OH excluding ortho intramolecular Hbond substituents is 2. The second-order valence-corrected chi connectivity index (χ2v) is 5.83. The summed E-state index contributed by atoms with van der Waals surface area (Å²) in [4.78, 5) is 0. The van der Waals surface area contributed by atoms with Crippen molar-refractivity contribution in [2.75, 3.05) is 5.32 Å². The summed E-state index contributed by atoms with van der Waals surface area (Å²) in [5, 5.41) is 27.5.